The van der Waals surface area contributed by atoms with Crippen LogP contribution < -0.4 is 5.32 Å². The number of hydrogen-bond donors (Lipinski definition) is 1. The van der Waals surface area contributed by atoms with Gasteiger partial charge in [-0.05, 0) is 13.0 Å². The molecule has 0 spiro atoms. The highest BCUT2D eigenvalue weighted by molar-refractivity contribution is 6.33. The lowest BCUT2D eigenvalue weighted by Crippen LogP contribution is -2.52. The van der Waals surface area contributed by atoms with E-state index in [0.29, 0.717) is 10.6 Å². The minimum atomic E-state index is -0.0126. The summed E-state index contributed by atoms with van der Waals surface area (Å²) in [6.07, 6.45) is 3.09. The van der Waals surface area contributed by atoms with E-state index in [4.69, 9.17) is 11.6 Å². The Morgan fingerprint density at radius 1 is 1.56 bits per heavy atom. The average Bonchev–Trinajstić information content (AvgIpc) is 2.29. The summed E-state index contributed by atoms with van der Waals surface area (Å²) in [5.74, 6) is -0.0126. The van der Waals surface area contributed by atoms with Crippen LogP contribution in [0.15, 0.2) is 18.5 Å². The SMILES string of the molecule is C[C@H]1CNCCN1C(=O)c1ccncc1Cl.Cl.Cl. The largest absolute Gasteiger partial charge is 0.333 e. The molecule has 1 N–H and O–H groups in total. The van der Waals surface area contributed by atoms with Crippen LogP contribution in [0.5, 0.6) is 0 Å². The van der Waals surface area contributed by atoms with Crippen molar-refractivity contribution >= 4 is 42.3 Å². The highest BCUT2D eigenvalue weighted by Crippen LogP contribution is 2.17. The first-order valence-electron chi connectivity index (χ1n) is 5.31. The molecular formula is C11H16Cl3N3O. The van der Waals surface area contributed by atoms with E-state index in [1.165, 1.54) is 6.20 Å². The molecule has 102 valence electrons. The van der Waals surface area contributed by atoms with E-state index in [0.717, 1.165) is 19.6 Å². The average molecular weight is 313 g/mol. The van der Waals surface area contributed by atoms with E-state index in [1.807, 2.05) is 11.8 Å². The lowest BCUT2D eigenvalue weighted by molar-refractivity contribution is 0.0656. The van der Waals surface area contributed by atoms with Gasteiger partial charge in [-0.15, -0.1) is 24.8 Å². The van der Waals surface area contributed by atoms with E-state index in [-0.39, 0.29) is 36.8 Å². The zero-order valence-corrected chi connectivity index (χ0v) is 12.3. The quantitative estimate of drug-likeness (QED) is 0.863. The second-order valence-corrected chi connectivity index (χ2v) is 4.31. The van der Waals surface area contributed by atoms with Crippen molar-refractivity contribution in [3.63, 3.8) is 0 Å². The van der Waals surface area contributed by atoms with Crippen LogP contribution in [0, 0.1) is 0 Å². The molecule has 0 saturated carbocycles. The standard InChI is InChI=1S/C11H14ClN3O.2ClH/c1-8-6-14-4-5-15(8)11(16)9-2-3-13-7-10(9)12;;/h2-3,7-8,14H,4-6H2,1H3;2*1H/t8-;;/m0../s1. The summed E-state index contributed by atoms with van der Waals surface area (Å²) in [5, 5.41) is 3.66. The van der Waals surface area contributed by atoms with Gasteiger partial charge >= 0.3 is 0 Å². The van der Waals surface area contributed by atoms with E-state index < -0.39 is 0 Å². The van der Waals surface area contributed by atoms with Gasteiger partial charge in [-0.2, -0.15) is 0 Å². The van der Waals surface area contributed by atoms with Crippen molar-refractivity contribution in [1.29, 1.82) is 0 Å². The normalized spacial score (nSPS) is 18.6. The fourth-order valence-electron chi connectivity index (χ4n) is 1.85. The molecule has 4 nitrogen and oxygen atoms in total. The molecule has 18 heavy (non-hydrogen) atoms. The van der Waals surface area contributed by atoms with Crippen LogP contribution in [0.1, 0.15) is 17.3 Å². The molecule has 1 fully saturated rings. The molecule has 1 aromatic heterocycles. The van der Waals surface area contributed by atoms with Gasteiger partial charge in [0, 0.05) is 38.1 Å². The van der Waals surface area contributed by atoms with Crippen LogP contribution in [-0.4, -0.2) is 41.5 Å². The third kappa shape index (κ3) is 3.72. The van der Waals surface area contributed by atoms with Crippen molar-refractivity contribution in [3.8, 4) is 0 Å². The minimum absolute atomic E-state index is 0. The fourth-order valence-corrected chi connectivity index (χ4v) is 2.05. The summed E-state index contributed by atoms with van der Waals surface area (Å²) < 4.78 is 0. The Hall–Kier alpha value is -0.550. The van der Waals surface area contributed by atoms with Gasteiger partial charge in [0.05, 0.1) is 10.6 Å². The number of nitrogens with one attached hydrogen (secondary N) is 1. The van der Waals surface area contributed by atoms with Gasteiger partial charge in [0.25, 0.3) is 5.91 Å². The number of halogens is 3. The fraction of sp³-hybridized carbons (Fsp3) is 0.455. The molecule has 1 amide bonds. The molecule has 0 unspecified atom stereocenters. The summed E-state index contributed by atoms with van der Waals surface area (Å²) in [6.45, 7) is 4.41. The summed E-state index contributed by atoms with van der Waals surface area (Å²) in [6, 6.07) is 1.87. The summed E-state index contributed by atoms with van der Waals surface area (Å²) >= 11 is 5.96. The lowest BCUT2D eigenvalue weighted by Gasteiger charge is -2.34. The van der Waals surface area contributed by atoms with Gasteiger partial charge in [0.15, 0.2) is 0 Å². The summed E-state index contributed by atoms with van der Waals surface area (Å²) in [5.41, 5.74) is 0.533. The van der Waals surface area contributed by atoms with Crippen LogP contribution >= 0.6 is 36.4 Å². The van der Waals surface area contributed by atoms with E-state index >= 15 is 0 Å². The number of aromatic nitrogens is 1. The first-order chi connectivity index (χ1) is 7.70. The van der Waals surface area contributed by atoms with Crippen molar-refractivity contribution in [2.24, 2.45) is 0 Å². The van der Waals surface area contributed by atoms with Crippen molar-refractivity contribution in [1.82, 2.24) is 15.2 Å². The smallest absolute Gasteiger partial charge is 0.255 e. The molecule has 2 heterocycles. The third-order valence-electron chi connectivity index (χ3n) is 2.77. The van der Waals surface area contributed by atoms with Crippen molar-refractivity contribution in [2.45, 2.75) is 13.0 Å². The summed E-state index contributed by atoms with van der Waals surface area (Å²) in [4.78, 5) is 17.9. The Bertz CT molecular complexity index is 403. The van der Waals surface area contributed by atoms with Gasteiger partial charge < -0.3 is 10.2 Å². The zero-order valence-electron chi connectivity index (χ0n) is 9.93. The third-order valence-corrected chi connectivity index (χ3v) is 3.07. The number of rotatable bonds is 1. The van der Waals surface area contributed by atoms with Crippen LogP contribution in [0.2, 0.25) is 5.02 Å². The van der Waals surface area contributed by atoms with Crippen molar-refractivity contribution < 1.29 is 4.79 Å². The number of amides is 1. The monoisotopic (exact) mass is 311 g/mol. The molecule has 0 radical (unpaired) electrons. The topological polar surface area (TPSA) is 45.2 Å². The van der Waals surface area contributed by atoms with Crippen LogP contribution in [0.4, 0.5) is 0 Å². The molecule has 7 heteroatoms. The second kappa shape index (κ2) is 7.79. The molecule has 1 aliphatic rings. The van der Waals surface area contributed by atoms with Crippen molar-refractivity contribution in [2.75, 3.05) is 19.6 Å². The first-order valence-corrected chi connectivity index (χ1v) is 5.69. The molecule has 0 bridgehead atoms. The second-order valence-electron chi connectivity index (χ2n) is 3.91. The number of carbonyl (C=O) groups is 1. The molecule has 0 aromatic carbocycles. The highest BCUT2D eigenvalue weighted by Gasteiger charge is 2.25. The van der Waals surface area contributed by atoms with Gasteiger partial charge in [-0.3, -0.25) is 9.78 Å². The molecular weight excluding hydrogens is 296 g/mol. The molecule has 1 atom stereocenters. The Morgan fingerprint density at radius 3 is 2.89 bits per heavy atom. The minimum Gasteiger partial charge on any atom is -0.333 e. The van der Waals surface area contributed by atoms with E-state index in [2.05, 4.69) is 10.3 Å². The lowest BCUT2D eigenvalue weighted by atomic mass is 10.1. The van der Waals surface area contributed by atoms with Crippen molar-refractivity contribution in [3.05, 3.63) is 29.0 Å². The van der Waals surface area contributed by atoms with Crippen LogP contribution in [0.25, 0.3) is 0 Å². The molecule has 2 rings (SSSR count). The van der Waals surface area contributed by atoms with Gasteiger partial charge in [0.2, 0.25) is 0 Å². The van der Waals surface area contributed by atoms with Gasteiger partial charge in [-0.1, -0.05) is 11.6 Å². The predicted octanol–water partition coefficient (Wildman–Crippen LogP) is 2.01. The number of nitrogens with zero attached hydrogens (tertiary/aromatic N) is 2. The maximum atomic E-state index is 12.2. The molecule has 0 aliphatic carbocycles. The maximum Gasteiger partial charge on any atom is 0.255 e. The number of piperazine rings is 1. The van der Waals surface area contributed by atoms with E-state index in [9.17, 15) is 4.79 Å². The van der Waals surface area contributed by atoms with Crippen LogP contribution in [-0.2, 0) is 0 Å². The van der Waals surface area contributed by atoms with Gasteiger partial charge in [0.1, 0.15) is 0 Å². The summed E-state index contributed by atoms with van der Waals surface area (Å²) in [7, 11) is 0. The Balaban J connectivity index is 0.00000144. The number of hydrogen-bond acceptors (Lipinski definition) is 3. The predicted molar refractivity (Wildman–Crippen MR) is 77.1 cm³/mol. The first kappa shape index (κ1) is 17.4. The Morgan fingerprint density at radius 2 is 2.28 bits per heavy atom. The highest BCUT2D eigenvalue weighted by atomic mass is 35.5. The molecule has 1 aliphatic heterocycles. The number of carbonyl (C=O) groups excluding carboxylic acids is 1. The van der Waals surface area contributed by atoms with E-state index in [1.54, 1.807) is 12.3 Å². The Labute approximate surface area is 124 Å². The van der Waals surface area contributed by atoms with Gasteiger partial charge in [-0.25, -0.2) is 0 Å². The maximum absolute atomic E-state index is 12.2. The zero-order chi connectivity index (χ0) is 11.5. The molecule has 1 saturated heterocycles. The van der Waals surface area contributed by atoms with Crippen LogP contribution in [0.3, 0.4) is 0 Å². The Kier molecular flexibility index (Phi) is 7.55. The number of pyridine rings is 1. The molecule has 1 aromatic rings.